The summed E-state index contributed by atoms with van der Waals surface area (Å²) in [6, 6.07) is 26.0. The highest BCUT2D eigenvalue weighted by Gasteiger charge is 2.10. The Morgan fingerprint density at radius 3 is 2.61 bits per heavy atom. The average Bonchev–Trinajstić information content (AvgIpc) is 3.19. The van der Waals surface area contributed by atoms with Gasteiger partial charge in [-0.15, -0.1) is 0 Å². The van der Waals surface area contributed by atoms with Crippen molar-refractivity contribution >= 4 is 23.0 Å². The normalized spacial score (nSPS) is 11.2. The van der Waals surface area contributed by atoms with E-state index >= 15 is 0 Å². The summed E-state index contributed by atoms with van der Waals surface area (Å²) in [4.78, 5) is 17.0. The Kier molecular flexibility index (Phi) is 7.54. The van der Waals surface area contributed by atoms with Gasteiger partial charge in [-0.3, -0.25) is 4.79 Å². The Morgan fingerprint density at radius 2 is 1.76 bits per heavy atom. The number of carbonyl (C=O) groups excluding carboxylic acids is 1. The Bertz CT molecular complexity index is 1230. The SMILES string of the molecule is Cc1ccccc1OCCCn1c(CCNC(=O)/C=C/c2ccccc2)nc2ccccc21. The number of hydrogen-bond donors (Lipinski definition) is 1. The van der Waals surface area contributed by atoms with Crippen LogP contribution in [-0.4, -0.2) is 28.6 Å². The molecule has 5 heteroatoms. The van der Waals surface area contributed by atoms with Crippen molar-refractivity contribution in [2.45, 2.75) is 26.3 Å². The van der Waals surface area contributed by atoms with E-state index in [9.17, 15) is 4.79 Å². The number of aryl methyl sites for hydroxylation is 2. The van der Waals surface area contributed by atoms with Gasteiger partial charge in [-0.1, -0.05) is 60.7 Å². The molecule has 4 rings (SSSR count). The number of para-hydroxylation sites is 3. The van der Waals surface area contributed by atoms with Crippen molar-refractivity contribution in [1.82, 2.24) is 14.9 Å². The first kappa shape index (κ1) is 22.3. The molecule has 0 unspecified atom stereocenters. The van der Waals surface area contributed by atoms with Crippen molar-refractivity contribution in [3.05, 3.63) is 102 Å². The molecule has 4 aromatic rings. The third kappa shape index (κ3) is 6.10. The maximum absolute atomic E-state index is 12.2. The highest BCUT2D eigenvalue weighted by atomic mass is 16.5. The molecule has 1 N–H and O–H groups in total. The van der Waals surface area contributed by atoms with E-state index in [1.54, 1.807) is 6.08 Å². The molecule has 0 aliphatic heterocycles. The summed E-state index contributed by atoms with van der Waals surface area (Å²) in [6.45, 7) is 4.03. The molecule has 1 amide bonds. The van der Waals surface area contributed by atoms with Crippen molar-refractivity contribution in [3.63, 3.8) is 0 Å². The molecular weight excluding hydrogens is 410 g/mol. The van der Waals surface area contributed by atoms with E-state index in [1.165, 1.54) is 0 Å². The molecule has 0 radical (unpaired) electrons. The third-order valence-electron chi connectivity index (χ3n) is 5.49. The standard InChI is InChI=1S/C28H29N3O2/c1-22-10-5-8-15-26(22)33-21-9-20-31-25-14-7-6-13-24(25)30-27(31)18-19-29-28(32)17-16-23-11-3-2-4-12-23/h2-8,10-17H,9,18-21H2,1H3,(H,29,32)/b17-16+. The second kappa shape index (κ2) is 11.1. The summed E-state index contributed by atoms with van der Waals surface area (Å²) in [5.41, 5.74) is 4.23. The van der Waals surface area contributed by atoms with E-state index in [4.69, 9.17) is 9.72 Å². The minimum absolute atomic E-state index is 0.104. The molecular formula is C28H29N3O2. The molecule has 1 heterocycles. The molecule has 0 atom stereocenters. The molecule has 0 aliphatic carbocycles. The largest absolute Gasteiger partial charge is 0.493 e. The maximum atomic E-state index is 12.2. The van der Waals surface area contributed by atoms with Crippen LogP contribution in [-0.2, 0) is 17.8 Å². The summed E-state index contributed by atoms with van der Waals surface area (Å²) < 4.78 is 8.20. The van der Waals surface area contributed by atoms with Crippen LogP contribution in [0.1, 0.15) is 23.4 Å². The first-order valence-corrected chi connectivity index (χ1v) is 11.3. The lowest BCUT2D eigenvalue weighted by molar-refractivity contribution is -0.116. The number of amides is 1. The van der Waals surface area contributed by atoms with Crippen molar-refractivity contribution in [1.29, 1.82) is 0 Å². The van der Waals surface area contributed by atoms with E-state index in [0.717, 1.165) is 46.7 Å². The molecule has 5 nitrogen and oxygen atoms in total. The Hall–Kier alpha value is -3.86. The van der Waals surface area contributed by atoms with E-state index in [0.29, 0.717) is 19.6 Å². The van der Waals surface area contributed by atoms with Crippen LogP contribution in [0.5, 0.6) is 5.75 Å². The lowest BCUT2D eigenvalue weighted by Crippen LogP contribution is -2.24. The Morgan fingerprint density at radius 1 is 1.00 bits per heavy atom. The molecule has 0 aliphatic rings. The number of ether oxygens (including phenoxy) is 1. The summed E-state index contributed by atoms with van der Waals surface area (Å²) >= 11 is 0. The second-order valence-electron chi connectivity index (χ2n) is 7.92. The molecule has 1 aromatic heterocycles. The lowest BCUT2D eigenvalue weighted by atomic mass is 10.2. The number of hydrogen-bond acceptors (Lipinski definition) is 3. The van der Waals surface area contributed by atoms with Gasteiger partial charge in [-0.25, -0.2) is 4.98 Å². The van der Waals surface area contributed by atoms with E-state index < -0.39 is 0 Å². The van der Waals surface area contributed by atoms with Gasteiger partial charge in [0.2, 0.25) is 5.91 Å². The van der Waals surface area contributed by atoms with Crippen molar-refractivity contribution in [3.8, 4) is 5.75 Å². The van der Waals surface area contributed by atoms with Crippen LogP contribution in [0.4, 0.5) is 0 Å². The summed E-state index contributed by atoms with van der Waals surface area (Å²) in [7, 11) is 0. The van der Waals surface area contributed by atoms with Crippen LogP contribution in [0, 0.1) is 6.92 Å². The van der Waals surface area contributed by atoms with Crippen LogP contribution in [0.2, 0.25) is 0 Å². The molecule has 0 spiro atoms. The fourth-order valence-electron chi connectivity index (χ4n) is 3.78. The van der Waals surface area contributed by atoms with Crippen LogP contribution in [0.3, 0.4) is 0 Å². The number of nitrogens with zero attached hydrogens (tertiary/aromatic N) is 2. The van der Waals surface area contributed by atoms with Crippen LogP contribution in [0.15, 0.2) is 84.9 Å². The third-order valence-corrected chi connectivity index (χ3v) is 5.49. The number of benzene rings is 3. The Balaban J connectivity index is 1.34. The molecule has 0 saturated carbocycles. The fourth-order valence-corrected chi connectivity index (χ4v) is 3.78. The predicted octanol–water partition coefficient (Wildman–Crippen LogP) is 5.19. The predicted molar refractivity (Wildman–Crippen MR) is 133 cm³/mol. The molecule has 168 valence electrons. The van der Waals surface area contributed by atoms with Crippen molar-refractivity contribution in [2.75, 3.05) is 13.2 Å². The van der Waals surface area contributed by atoms with Crippen molar-refractivity contribution in [2.24, 2.45) is 0 Å². The first-order chi connectivity index (χ1) is 16.2. The van der Waals surface area contributed by atoms with Gasteiger partial charge in [0, 0.05) is 25.6 Å². The molecule has 0 fully saturated rings. The van der Waals surface area contributed by atoms with Gasteiger partial charge in [-0.2, -0.15) is 0 Å². The minimum Gasteiger partial charge on any atom is -0.493 e. The number of fused-ring (bicyclic) bond motifs is 1. The summed E-state index contributed by atoms with van der Waals surface area (Å²) in [6.07, 6.45) is 4.92. The minimum atomic E-state index is -0.104. The molecule has 0 saturated heterocycles. The second-order valence-corrected chi connectivity index (χ2v) is 7.92. The molecule has 33 heavy (non-hydrogen) atoms. The van der Waals surface area contributed by atoms with Crippen LogP contribution in [0.25, 0.3) is 17.1 Å². The number of rotatable bonds is 10. The van der Waals surface area contributed by atoms with Gasteiger partial charge in [-0.05, 0) is 48.7 Å². The summed E-state index contributed by atoms with van der Waals surface area (Å²) in [5.74, 6) is 1.80. The van der Waals surface area contributed by atoms with Gasteiger partial charge in [0.05, 0.1) is 17.6 Å². The topological polar surface area (TPSA) is 56.1 Å². The van der Waals surface area contributed by atoms with E-state index in [2.05, 4.69) is 28.9 Å². The Labute approximate surface area is 194 Å². The van der Waals surface area contributed by atoms with Gasteiger partial charge >= 0.3 is 0 Å². The number of nitrogens with one attached hydrogen (secondary N) is 1. The quantitative estimate of drug-likeness (QED) is 0.273. The zero-order valence-corrected chi connectivity index (χ0v) is 18.9. The number of imidazole rings is 1. The summed E-state index contributed by atoms with van der Waals surface area (Å²) in [5, 5.41) is 2.96. The lowest BCUT2D eigenvalue weighted by Gasteiger charge is -2.12. The smallest absolute Gasteiger partial charge is 0.244 e. The zero-order chi connectivity index (χ0) is 22.9. The average molecular weight is 440 g/mol. The highest BCUT2D eigenvalue weighted by molar-refractivity contribution is 5.91. The highest BCUT2D eigenvalue weighted by Crippen LogP contribution is 2.19. The van der Waals surface area contributed by atoms with Crippen LogP contribution >= 0.6 is 0 Å². The number of carbonyl (C=O) groups is 1. The molecule has 0 bridgehead atoms. The zero-order valence-electron chi connectivity index (χ0n) is 18.9. The van der Waals surface area contributed by atoms with E-state index in [-0.39, 0.29) is 5.91 Å². The monoisotopic (exact) mass is 439 g/mol. The van der Waals surface area contributed by atoms with Gasteiger partial charge in [0.15, 0.2) is 0 Å². The van der Waals surface area contributed by atoms with Gasteiger partial charge in [0.1, 0.15) is 11.6 Å². The van der Waals surface area contributed by atoms with Gasteiger partial charge < -0.3 is 14.6 Å². The maximum Gasteiger partial charge on any atom is 0.244 e. The van der Waals surface area contributed by atoms with Gasteiger partial charge in [0.25, 0.3) is 0 Å². The number of aromatic nitrogens is 2. The first-order valence-electron chi connectivity index (χ1n) is 11.3. The van der Waals surface area contributed by atoms with Crippen molar-refractivity contribution < 1.29 is 9.53 Å². The molecule has 3 aromatic carbocycles. The van der Waals surface area contributed by atoms with E-state index in [1.807, 2.05) is 72.8 Å². The van der Waals surface area contributed by atoms with Crippen LogP contribution < -0.4 is 10.1 Å². The fraction of sp³-hybridized carbons (Fsp3) is 0.214.